The van der Waals surface area contributed by atoms with Gasteiger partial charge in [0.2, 0.25) is 0 Å². The first kappa shape index (κ1) is 22.6. The number of carbonyl (C=O) groups excluding carboxylic acids is 3. The Balaban J connectivity index is 1.87. The number of rotatable bonds is 8. The van der Waals surface area contributed by atoms with Crippen LogP contribution >= 0.6 is 11.6 Å². The molecule has 0 fully saturated rings. The molecular weight excluding hydrogens is 408 g/mol. The molecule has 0 aromatic heterocycles. The van der Waals surface area contributed by atoms with Gasteiger partial charge in [0, 0.05) is 17.3 Å². The molecular formula is C21H21ClN4O4. The lowest BCUT2D eigenvalue weighted by molar-refractivity contribution is -0.139. The van der Waals surface area contributed by atoms with Crippen LogP contribution in [0.2, 0.25) is 5.02 Å². The minimum absolute atomic E-state index is 0.180. The lowest BCUT2D eigenvalue weighted by Gasteiger charge is -2.10. The lowest BCUT2D eigenvalue weighted by Crippen LogP contribution is -2.37. The fraction of sp³-hybridized carbons (Fsp3) is 0.143. The van der Waals surface area contributed by atoms with Crippen LogP contribution in [0.1, 0.15) is 11.1 Å². The van der Waals surface area contributed by atoms with Gasteiger partial charge in [0.25, 0.3) is 5.91 Å². The van der Waals surface area contributed by atoms with E-state index in [0.717, 1.165) is 5.56 Å². The number of hydrazone groups is 1. The molecule has 3 N–H and O–H groups in total. The van der Waals surface area contributed by atoms with Gasteiger partial charge in [-0.25, -0.2) is 5.43 Å². The number of hydrogen-bond donors (Lipinski definition) is 3. The highest BCUT2D eigenvalue weighted by atomic mass is 35.5. The van der Waals surface area contributed by atoms with Gasteiger partial charge >= 0.3 is 11.8 Å². The molecule has 9 heteroatoms. The first-order valence-corrected chi connectivity index (χ1v) is 9.28. The van der Waals surface area contributed by atoms with Gasteiger partial charge in [-0.2, -0.15) is 5.10 Å². The summed E-state index contributed by atoms with van der Waals surface area (Å²) in [4.78, 5) is 35.1. The number of nitrogens with one attached hydrogen (secondary N) is 3. The van der Waals surface area contributed by atoms with Crippen LogP contribution in [0.25, 0.3) is 0 Å². The Morgan fingerprint density at radius 3 is 2.70 bits per heavy atom. The second kappa shape index (κ2) is 11.4. The van der Waals surface area contributed by atoms with E-state index in [1.165, 1.54) is 12.3 Å². The van der Waals surface area contributed by atoms with Gasteiger partial charge in [-0.15, -0.1) is 6.58 Å². The average molecular weight is 429 g/mol. The van der Waals surface area contributed by atoms with Gasteiger partial charge in [-0.05, 0) is 42.3 Å². The summed E-state index contributed by atoms with van der Waals surface area (Å²) in [5.41, 5.74) is 4.10. The summed E-state index contributed by atoms with van der Waals surface area (Å²) in [6.45, 7) is 5.23. The standard InChI is InChI=1S/C21H21ClN4O4/c1-3-10-23-20(28)21(29)26-24-12-15-6-4-7-16(11-15)30-13-19(27)25-18-9-5-8-17(22)14(18)2/h3-9,11-12H,1,10,13H2,2H3,(H,23,28)(H,25,27)(H,26,29)/b24-12+. The van der Waals surface area contributed by atoms with Crippen molar-refractivity contribution in [2.24, 2.45) is 5.10 Å². The summed E-state index contributed by atoms with van der Waals surface area (Å²) in [7, 11) is 0. The maximum Gasteiger partial charge on any atom is 0.329 e. The normalized spacial score (nSPS) is 10.3. The Labute approximate surface area is 178 Å². The van der Waals surface area contributed by atoms with Crippen LogP contribution in [0.15, 0.2) is 60.2 Å². The van der Waals surface area contributed by atoms with Crippen LogP contribution in [0.4, 0.5) is 5.69 Å². The van der Waals surface area contributed by atoms with Crippen LogP contribution < -0.4 is 20.8 Å². The van der Waals surface area contributed by atoms with Crippen LogP contribution in [-0.4, -0.2) is 37.1 Å². The number of hydrogen-bond acceptors (Lipinski definition) is 5. The van der Waals surface area contributed by atoms with E-state index in [1.54, 1.807) is 42.5 Å². The van der Waals surface area contributed by atoms with Gasteiger partial charge in [-0.3, -0.25) is 14.4 Å². The van der Waals surface area contributed by atoms with Crippen molar-refractivity contribution in [3.63, 3.8) is 0 Å². The van der Waals surface area contributed by atoms with E-state index < -0.39 is 11.8 Å². The van der Waals surface area contributed by atoms with Crippen LogP contribution in [0.3, 0.4) is 0 Å². The molecule has 3 amide bonds. The fourth-order valence-corrected chi connectivity index (χ4v) is 2.40. The molecule has 0 aliphatic rings. The lowest BCUT2D eigenvalue weighted by atomic mass is 10.2. The number of benzene rings is 2. The molecule has 2 aromatic rings. The molecule has 0 radical (unpaired) electrons. The molecule has 0 saturated heterocycles. The molecule has 2 rings (SSSR count). The second-order valence-corrected chi connectivity index (χ2v) is 6.43. The molecule has 0 spiro atoms. The Morgan fingerprint density at radius 2 is 1.93 bits per heavy atom. The van der Waals surface area contributed by atoms with Crippen molar-refractivity contribution < 1.29 is 19.1 Å². The third-order valence-electron chi connectivity index (χ3n) is 3.76. The Hall–Kier alpha value is -3.65. The summed E-state index contributed by atoms with van der Waals surface area (Å²) in [5.74, 6) is -1.61. The van der Waals surface area contributed by atoms with Gasteiger partial charge in [0.05, 0.1) is 6.21 Å². The smallest absolute Gasteiger partial charge is 0.329 e. The average Bonchev–Trinajstić information content (AvgIpc) is 2.74. The van der Waals surface area contributed by atoms with Crippen molar-refractivity contribution in [1.29, 1.82) is 0 Å². The number of anilines is 1. The molecule has 156 valence electrons. The van der Waals surface area contributed by atoms with E-state index >= 15 is 0 Å². The number of nitrogens with zero attached hydrogens (tertiary/aromatic N) is 1. The molecule has 0 heterocycles. The van der Waals surface area contributed by atoms with Gasteiger partial charge in [0.1, 0.15) is 5.75 Å². The Bertz CT molecular complexity index is 975. The predicted molar refractivity (Wildman–Crippen MR) is 116 cm³/mol. The highest BCUT2D eigenvalue weighted by molar-refractivity contribution is 6.35. The minimum atomic E-state index is -0.895. The van der Waals surface area contributed by atoms with Crippen LogP contribution in [0.5, 0.6) is 5.75 Å². The van der Waals surface area contributed by atoms with E-state index in [0.29, 0.717) is 22.0 Å². The summed E-state index contributed by atoms with van der Waals surface area (Å²) >= 11 is 6.04. The summed E-state index contributed by atoms with van der Waals surface area (Å²) < 4.78 is 5.49. The first-order valence-electron chi connectivity index (χ1n) is 8.90. The molecule has 30 heavy (non-hydrogen) atoms. The van der Waals surface area contributed by atoms with Crippen molar-refractivity contribution in [1.82, 2.24) is 10.7 Å². The van der Waals surface area contributed by atoms with Crippen molar-refractivity contribution in [3.05, 3.63) is 71.3 Å². The second-order valence-electron chi connectivity index (χ2n) is 6.02. The van der Waals surface area contributed by atoms with E-state index in [4.69, 9.17) is 16.3 Å². The zero-order valence-corrected chi connectivity index (χ0v) is 17.0. The van der Waals surface area contributed by atoms with Gasteiger partial charge < -0.3 is 15.4 Å². The van der Waals surface area contributed by atoms with Gasteiger partial charge in [0.15, 0.2) is 6.61 Å². The Morgan fingerprint density at radius 1 is 1.17 bits per heavy atom. The van der Waals surface area contributed by atoms with Gasteiger partial charge in [-0.1, -0.05) is 35.9 Å². The molecule has 0 aliphatic heterocycles. The highest BCUT2D eigenvalue weighted by Crippen LogP contribution is 2.22. The quantitative estimate of drug-likeness (QED) is 0.259. The first-order chi connectivity index (χ1) is 14.4. The topological polar surface area (TPSA) is 109 Å². The summed E-state index contributed by atoms with van der Waals surface area (Å²) in [6, 6.07) is 12.0. The van der Waals surface area contributed by atoms with E-state index in [9.17, 15) is 14.4 Å². The van der Waals surface area contributed by atoms with E-state index in [1.807, 2.05) is 6.92 Å². The molecule has 2 aromatic carbocycles. The number of halogens is 1. The van der Waals surface area contributed by atoms with Crippen LogP contribution in [0, 0.1) is 6.92 Å². The third kappa shape index (κ3) is 7.06. The minimum Gasteiger partial charge on any atom is -0.484 e. The molecule has 8 nitrogen and oxygen atoms in total. The maximum atomic E-state index is 12.1. The fourth-order valence-electron chi connectivity index (χ4n) is 2.22. The van der Waals surface area contributed by atoms with Crippen molar-refractivity contribution in [2.75, 3.05) is 18.5 Å². The SMILES string of the molecule is C=CCNC(=O)C(=O)N/N=C/c1cccc(OCC(=O)Nc2cccc(Cl)c2C)c1. The highest BCUT2D eigenvalue weighted by Gasteiger charge is 2.10. The number of amides is 3. The summed E-state index contributed by atoms with van der Waals surface area (Å²) in [5, 5.41) is 9.36. The maximum absolute atomic E-state index is 12.1. The van der Waals surface area contributed by atoms with E-state index in [-0.39, 0.29) is 19.1 Å². The zero-order valence-electron chi connectivity index (χ0n) is 16.3. The Kier molecular flexibility index (Phi) is 8.58. The monoisotopic (exact) mass is 428 g/mol. The number of carbonyl (C=O) groups is 3. The molecule has 0 saturated carbocycles. The molecule has 0 atom stereocenters. The number of ether oxygens (including phenoxy) is 1. The predicted octanol–water partition coefficient (Wildman–Crippen LogP) is 2.42. The third-order valence-corrected chi connectivity index (χ3v) is 4.17. The molecule has 0 unspecified atom stereocenters. The summed E-state index contributed by atoms with van der Waals surface area (Å²) in [6.07, 6.45) is 2.80. The van der Waals surface area contributed by atoms with Crippen molar-refractivity contribution >= 4 is 41.2 Å². The van der Waals surface area contributed by atoms with Crippen molar-refractivity contribution in [3.8, 4) is 5.75 Å². The van der Waals surface area contributed by atoms with Crippen molar-refractivity contribution in [2.45, 2.75) is 6.92 Å². The van der Waals surface area contributed by atoms with Crippen LogP contribution in [-0.2, 0) is 14.4 Å². The largest absolute Gasteiger partial charge is 0.484 e. The molecule has 0 aliphatic carbocycles. The van der Waals surface area contributed by atoms with E-state index in [2.05, 4.69) is 27.7 Å². The molecule has 0 bridgehead atoms. The zero-order chi connectivity index (χ0) is 21.9.